The number of nitrogens with zero attached hydrogens (tertiary/aromatic N) is 3. The molecule has 148 valence electrons. The van der Waals surface area contributed by atoms with Gasteiger partial charge < -0.3 is 19.1 Å². The van der Waals surface area contributed by atoms with Gasteiger partial charge in [0.2, 0.25) is 5.91 Å². The van der Waals surface area contributed by atoms with E-state index in [1.165, 1.54) is 6.42 Å². The first kappa shape index (κ1) is 18.5. The fourth-order valence-electron chi connectivity index (χ4n) is 3.85. The van der Waals surface area contributed by atoms with Crippen LogP contribution in [0.25, 0.3) is 22.5 Å². The molecule has 7 nitrogen and oxygen atoms in total. The lowest BCUT2D eigenvalue weighted by atomic mass is 9.88. The predicted octanol–water partition coefficient (Wildman–Crippen LogP) is 3.81. The Balaban J connectivity index is 1.39. The molecular weight excluding hydrogens is 356 g/mol. The molecule has 0 atom stereocenters. The second-order valence-corrected chi connectivity index (χ2v) is 7.50. The summed E-state index contributed by atoms with van der Waals surface area (Å²) in [5.74, 6) is 2.27. The third kappa shape index (κ3) is 3.88. The van der Waals surface area contributed by atoms with Crippen molar-refractivity contribution in [2.45, 2.75) is 38.5 Å². The molecule has 0 spiro atoms. The standard InChI is InChI=1S/C21H26N4O3/c1-25(21(26)14-6-4-3-5-7-14)11-10-19-23-20(28-24-19)18-12-15-8-9-16(27-2)13-17(15)22-18/h8-9,12-14,22H,3-7,10-11H2,1-2H3. The number of hydrogen-bond acceptors (Lipinski definition) is 5. The number of likely N-dealkylation sites (N-methyl/N-ethyl adjacent to an activating group) is 1. The van der Waals surface area contributed by atoms with E-state index in [0.29, 0.717) is 24.7 Å². The van der Waals surface area contributed by atoms with E-state index in [-0.39, 0.29) is 11.8 Å². The quantitative estimate of drug-likeness (QED) is 0.701. The molecule has 3 aromatic rings. The molecule has 0 saturated heterocycles. The van der Waals surface area contributed by atoms with Crippen LogP contribution in [0.5, 0.6) is 5.75 Å². The average Bonchev–Trinajstić information content (AvgIpc) is 3.38. The number of ether oxygens (including phenoxy) is 1. The minimum atomic E-state index is 0.183. The normalized spacial score (nSPS) is 15.1. The van der Waals surface area contributed by atoms with E-state index in [0.717, 1.165) is 48.0 Å². The van der Waals surface area contributed by atoms with E-state index in [1.807, 2.05) is 31.3 Å². The van der Waals surface area contributed by atoms with E-state index in [2.05, 4.69) is 15.1 Å². The SMILES string of the molecule is COc1ccc2cc(-c3nc(CCN(C)C(=O)C4CCCCC4)no3)[nH]c2c1. The van der Waals surface area contributed by atoms with Crippen molar-refractivity contribution in [3.63, 3.8) is 0 Å². The Morgan fingerprint density at radius 1 is 1.29 bits per heavy atom. The summed E-state index contributed by atoms with van der Waals surface area (Å²) in [6.45, 7) is 0.595. The Morgan fingerprint density at radius 3 is 2.89 bits per heavy atom. The van der Waals surface area contributed by atoms with Gasteiger partial charge in [0.15, 0.2) is 5.82 Å². The highest BCUT2D eigenvalue weighted by Crippen LogP contribution is 2.27. The zero-order valence-corrected chi connectivity index (χ0v) is 16.4. The van der Waals surface area contributed by atoms with Crippen molar-refractivity contribution in [2.75, 3.05) is 20.7 Å². The molecule has 0 aliphatic heterocycles. The summed E-state index contributed by atoms with van der Waals surface area (Å²) < 4.78 is 10.7. The van der Waals surface area contributed by atoms with E-state index in [1.54, 1.807) is 12.0 Å². The van der Waals surface area contributed by atoms with Crippen molar-refractivity contribution in [3.8, 4) is 17.3 Å². The first-order chi connectivity index (χ1) is 13.6. The first-order valence-electron chi connectivity index (χ1n) is 9.89. The molecule has 7 heteroatoms. The molecule has 28 heavy (non-hydrogen) atoms. The molecule has 0 radical (unpaired) electrons. The van der Waals surface area contributed by atoms with Gasteiger partial charge in [0.05, 0.1) is 7.11 Å². The minimum absolute atomic E-state index is 0.183. The zero-order chi connectivity index (χ0) is 19.5. The number of aromatic nitrogens is 3. The fourth-order valence-corrected chi connectivity index (χ4v) is 3.85. The van der Waals surface area contributed by atoms with Crippen LogP contribution in [0.15, 0.2) is 28.8 Å². The zero-order valence-electron chi connectivity index (χ0n) is 16.4. The number of amides is 1. The summed E-state index contributed by atoms with van der Waals surface area (Å²) in [7, 11) is 3.51. The number of benzene rings is 1. The van der Waals surface area contributed by atoms with Crippen LogP contribution in [0.4, 0.5) is 0 Å². The summed E-state index contributed by atoms with van der Waals surface area (Å²) >= 11 is 0. The maximum Gasteiger partial charge on any atom is 0.274 e. The number of nitrogens with one attached hydrogen (secondary N) is 1. The maximum atomic E-state index is 12.5. The largest absolute Gasteiger partial charge is 0.497 e. The molecule has 2 heterocycles. The molecule has 2 aromatic heterocycles. The van der Waals surface area contributed by atoms with Crippen LogP contribution in [0.3, 0.4) is 0 Å². The van der Waals surface area contributed by atoms with Crippen molar-refractivity contribution < 1.29 is 14.1 Å². The third-order valence-electron chi connectivity index (χ3n) is 5.53. The molecule has 0 unspecified atom stereocenters. The number of carbonyl (C=O) groups is 1. The van der Waals surface area contributed by atoms with Crippen LogP contribution in [0, 0.1) is 5.92 Å². The van der Waals surface area contributed by atoms with Gasteiger partial charge in [-0.3, -0.25) is 4.79 Å². The molecule has 1 N–H and O–H groups in total. The number of rotatable bonds is 6. The lowest BCUT2D eigenvalue weighted by Crippen LogP contribution is -2.35. The highest BCUT2D eigenvalue weighted by atomic mass is 16.5. The number of carbonyl (C=O) groups excluding carboxylic acids is 1. The van der Waals surface area contributed by atoms with Crippen LogP contribution in [-0.4, -0.2) is 46.6 Å². The minimum Gasteiger partial charge on any atom is -0.497 e. The summed E-state index contributed by atoms with van der Waals surface area (Å²) in [6.07, 6.45) is 6.18. The second kappa shape index (κ2) is 8.04. The van der Waals surface area contributed by atoms with E-state index in [4.69, 9.17) is 9.26 Å². The van der Waals surface area contributed by atoms with Gasteiger partial charge in [-0.25, -0.2) is 0 Å². The molecule has 1 aliphatic rings. The molecule has 1 aromatic carbocycles. The van der Waals surface area contributed by atoms with Crippen LogP contribution in [0.2, 0.25) is 0 Å². The van der Waals surface area contributed by atoms with Gasteiger partial charge in [-0.05, 0) is 31.0 Å². The molecule has 0 bridgehead atoms. The summed E-state index contributed by atoms with van der Waals surface area (Å²) in [6, 6.07) is 7.81. The van der Waals surface area contributed by atoms with Gasteiger partial charge in [0.1, 0.15) is 11.4 Å². The highest BCUT2D eigenvalue weighted by Gasteiger charge is 2.24. The molecular formula is C21H26N4O3. The molecule has 1 aliphatic carbocycles. The summed E-state index contributed by atoms with van der Waals surface area (Å²) in [5, 5.41) is 5.12. The van der Waals surface area contributed by atoms with Crippen molar-refractivity contribution in [1.82, 2.24) is 20.0 Å². The van der Waals surface area contributed by atoms with Crippen LogP contribution >= 0.6 is 0 Å². The Kier molecular flexibility index (Phi) is 5.32. The van der Waals surface area contributed by atoms with E-state index < -0.39 is 0 Å². The Bertz CT molecular complexity index is 956. The van der Waals surface area contributed by atoms with Crippen LogP contribution in [-0.2, 0) is 11.2 Å². The van der Waals surface area contributed by atoms with E-state index >= 15 is 0 Å². The number of H-pyrrole nitrogens is 1. The maximum absolute atomic E-state index is 12.5. The van der Waals surface area contributed by atoms with Crippen LogP contribution < -0.4 is 4.74 Å². The molecule has 1 fully saturated rings. The third-order valence-corrected chi connectivity index (χ3v) is 5.53. The van der Waals surface area contributed by atoms with Crippen molar-refractivity contribution in [3.05, 3.63) is 30.1 Å². The summed E-state index contributed by atoms with van der Waals surface area (Å²) in [5.41, 5.74) is 1.72. The van der Waals surface area contributed by atoms with Crippen molar-refractivity contribution in [2.24, 2.45) is 5.92 Å². The van der Waals surface area contributed by atoms with E-state index in [9.17, 15) is 4.79 Å². The van der Waals surface area contributed by atoms with Gasteiger partial charge in [0.25, 0.3) is 5.89 Å². The predicted molar refractivity (Wildman–Crippen MR) is 106 cm³/mol. The number of methoxy groups -OCH3 is 1. The Hall–Kier alpha value is -2.83. The fraction of sp³-hybridized carbons (Fsp3) is 0.476. The smallest absolute Gasteiger partial charge is 0.274 e. The van der Waals surface area contributed by atoms with Gasteiger partial charge in [-0.2, -0.15) is 4.98 Å². The van der Waals surface area contributed by atoms with Crippen molar-refractivity contribution >= 4 is 16.8 Å². The highest BCUT2D eigenvalue weighted by molar-refractivity contribution is 5.85. The van der Waals surface area contributed by atoms with Gasteiger partial charge in [-0.15, -0.1) is 0 Å². The summed E-state index contributed by atoms with van der Waals surface area (Å²) in [4.78, 5) is 22.1. The Labute approximate surface area is 164 Å². The second-order valence-electron chi connectivity index (χ2n) is 7.50. The topological polar surface area (TPSA) is 84.2 Å². The van der Waals surface area contributed by atoms with Gasteiger partial charge in [0, 0.05) is 42.9 Å². The first-order valence-corrected chi connectivity index (χ1v) is 9.89. The van der Waals surface area contributed by atoms with Crippen molar-refractivity contribution in [1.29, 1.82) is 0 Å². The Morgan fingerprint density at radius 2 is 2.11 bits per heavy atom. The number of fused-ring (bicyclic) bond motifs is 1. The monoisotopic (exact) mass is 382 g/mol. The number of hydrogen-bond donors (Lipinski definition) is 1. The molecule has 1 saturated carbocycles. The van der Waals surface area contributed by atoms with Gasteiger partial charge in [-0.1, -0.05) is 24.4 Å². The number of aromatic amines is 1. The molecule has 1 amide bonds. The molecule has 4 rings (SSSR count). The van der Waals surface area contributed by atoms with Gasteiger partial charge >= 0.3 is 0 Å². The lowest BCUT2D eigenvalue weighted by molar-refractivity contribution is -0.135. The van der Waals surface area contributed by atoms with Crippen LogP contribution in [0.1, 0.15) is 37.9 Å². The average molecular weight is 382 g/mol. The lowest BCUT2D eigenvalue weighted by Gasteiger charge is -2.26.